The predicted octanol–water partition coefficient (Wildman–Crippen LogP) is 7.12. The molecule has 0 unspecified atom stereocenters. The molecule has 0 bridgehead atoms. The Morgan fingerprint density at radius 3 is 1.93 bits per heavy atom. The smallest absolute Gasteiger partial charge is 0.345 e. The molecule has 0 aromatic heterocycles. The lowest BCUT2D eigenvalue weighted by Gasteiger charge is -2.20. The first-order valence-corrected chi connectivity index (χ1v) is 9.92. The molecule has 3 rings (SSSR count). The van der Waals surface area contributed by atoms with Crippen molar-refractivity contribution >= 4 is 29.2 Å². The molecule has 0 saturated carbocycles. The summed E-state index contributed by atoms with van der Waals surface area (Å²) >= 11 is 12.2. The van der Waals surface area contributed by atoms with Crippen molar-refractivity contribution in [3.05, 3.63) is 80.3 Å². The molecule has 5 heteroatoms. The van der Waals surface area contributed by atoms with Crippen LogP contribution in [0.2, 0.25) is 10.0 Å². The SMILES string of the molecule is COc1ccc(C)c(C)c1-c1c(OC(=O)c2cc(Cl)ccc2Cl)ccc(C)c1C. The number of hydrogen-bond acceptors (Lipinski definition) is 3. The van der Waals surface area contributed by atoms with E-state index in [1.165, 1.54) is 6.07 Å². The van der Waals surface area contributed by atoms with Crippen LogP contribution in [0.15, 0.2) is 42.5 Å². The summed E-state index contributed by atoms with van der Waals surface area (Å²) < 4.78 is 11.4. The first-order valence-electron chi connectivity index (χ1n) is 9.16. The molecule has 3 aromatic carbocycles. The molecule has 29 heavy (non-hydrogen) atoms. The first kappa shape index (κ1) is 21.2. The van der Waals surface area contributed by atoms with Gasteiger partial charge in [-0.05, 0) is 80.3 Å². The highest BCUT2D eigenvalue weighted by Gasteiger charge is 2.22. The maximum Gasteiger partial charge on any atom is 0.345 e. The number of hydrogen-bond donors (Lipinski definition) is 0. The van der Waals surface area contributed by atoms with Gasteiger partial charge in [-0.1, -0.05) is 35.3 Å². The van der Waals surface area contributed by atoms with Gasteiger partial charge in [0, 0.05) is 16.1 Å². The molecule has 0 aliphatic heterocycles. The van der Waals surface area contributed by atoms with Crippen LogP contribution in [0.5, 0.6) is 11.5 Å². The average molecular weight is 429 g/mol. The van der Waals surface area contributed by atoms with E-state index in [-0.39, 0.29) is 10.6 Å². The number of benzene rings is 3. The van der Waals surface area contributed by atoms with Crippen molar-refractivity contribution in [3.8, 4) is 22.6 Å². The lowest BCUT2D eigenvalue weighted by molar-refractivity contribution is 0.0735. The van der Waals surface area contributed by atoms with Crippen LogP contribution in [0.4, 0.5) is 0 Å². The number of carbonyl (C=O) groups is 1. The summed E-state index contributed by atoms with van der Waals surface area (Å²) in [6.45, 7) is 8.11. The third-order valence-electron chi connectivity index (χ3n) is 5.22. The third-order valence-corrected chi connectivity index (χ3v) is 5.78. The molecule has 0 amide bonds. The number of carbonyl (C=O) groups excluding carboxylic acids is 1. The highest BCUT2D eigenvalue weighted by molar-refractivity contribution is 6.35. The van der Waals surface area contributed by atoms with Crippen molar-refractivity contribution in [2.45, 2.75) is 27.7 Å². The Morgan fingerprint density at radius 2 is 1.34 bits per heavy atom. The predicted molar refractivity (Wildman–Crippen MR) is 119 cm³/mol. The van der Waals surface area contributed by atoms with Gasteiger partial charge in [-0.2, -0.15) is 0 Å². The minimum Gasteiger partial charge on any atom is -0.496 e. The zero-order valence-corrected chi connectivity index (χ0v) is 18.5. The topological polar surface area (TPSA) is 35.5 Å². The van der Waals surface area contributed by atoms with E-state index in [1.54, 1.807) is 25.3 Å². The number of halogens is 2. The van der Waals surface area contributed by atoms with Crippen LogP contribution in [-0.2, 0) is 0 Å². The number of esters is 1. The zero-order valence-electron chi connectivity index (χ0n) is 17.0. The minimum absolute atomic E-state index is 0.219. The lowest BCUT2D eigenvalue weighted by atomic mass is 9.90. The summed E-state index contributed by atoms with van der Waals surface area (Å²) in [5.74, 6) is 0.604. The monoisotopic (exact) mass is 428 g/mol. The van der Waals surface area contributed by atoms with Crippen LogP contribution in [0.3, 0.4) is 0 Å². The summed E-state index contributed by atoms with van der Waals surface area (Å²) in [5.41, 5.74) is 6.25. The van der Waals surface area contributed by atoms with Crippen molar-refractivity contribution in [3.63, 3.8) is 0 Å². The number of methoxy groups -OCH3 is 1. The summed E-state index contributed by atoms with van der Waals surface area (Å²) in [4.78, 5) is 12.9. The van der Waals surface area contributed by atoms with Crippen LogP contribution < -0.4 is 9.47 Å². The normalized spacial score (nSPS) is 10.7. The fraction of sp³-hybridized carbons (Fsp3) is 0.208. The molecular weight excluding hydrogens is 407 g/mol. The average Bonchev–Trinajstić information content (AvgIpc) is 2.69. The summed E-state index contributed by atoms with van der Waals surface area (Å²) in [5, 5.41) is 0.701. The molecule has 0 aliphatic rings. The fourth-order valence-corrected chi connectivity index (χ4v) is 3.63. The summed E-state index contributed by atoms with van der Waals surface area (Å²) in [6.07, 6.45) is 0. The van der Waals surface area contributed by atoms with E-state index < -0.39 is 5.97 Å². The molecule has 0 atom stereocenters. The zero-order chi connectivity index (χ0) is 21.3. The first-order chi connectivity index (χ1) is 13.7. The Kier molecular flexibility index (Phi) is 6.21. The van der Waals surface area contributed by atoms with E-state index in [9.17, 15) is 4.79 Å². The van der Waals surface area contributed by atoms with Gasteiger partial charge in [0.15, 0.2) is 0 Å². The molecule has 150 valence electrons. The standard InChI is InChI=1S/C24H22Cl2O3/c1-13-6-10-20(28-5)22(15(13)3)23-16(4)14(2)7-11-21(23)29-24(27)18-12-17(25)8-9-19(18)26/h6-12H,1-5H3. The largest absolute Gasteiger partial charge is 0.496 e. The van der Waals surface area contributed by atoms with Crippen LogP contribution in [0.1, 0.15) is 32.6 Å². The molecule has 3 nitrogen and oxygen atoms in total. The van der Waals surface area contributed by atoms with Crippen LogP contribution in [-0.4, -0.2) is 13.1 Å². The van der Waals surface area contributed by atoms with Gasteiger partial charge in [0.1, 0.15) is 11.5 Å². The van der Waals surface area contributed by atoms with E-state index in [4.69, 9.17) is 32.7 Å². The van der Waals surface area contributed by atoms with E-state index >= 15 is 0 Å². The maximum atomic E-state index is 12.9. The Balaban J connectivity index is 2.19. The summed E-state index contributed by atoms with van der Waals surface area (Å²) in [6, 6.07) is 12.4. The maximum absolute atomic E-state index is 12.9. The Bertz CT molecular complexity index is 1100. The second-order valence-electron chi connectivity index (χ2n) is 6.98. The highest BCUT2D eigenvalue weighted by atomic mass is 35.5. The molecule has 0 N–H and O–H groups in total. The fourth-order valence-electron chi connectivity index (χ4n) is 3.27. The van der Waals surface area contributed by atoms with Gasteiger partial charge >= 0.3 is 5.97 Å². The lowest BCUT2D eigenvalue weighted by Crippen LogP contribution is -2.11. The van der Waals surface area contributed by atoms with Gasteiger partial charge < -0.3 is 9.47 Å². The molecule has 3 aromatic rings. The van der Waals surface area contributed by atoms with Crippen LogP contribution in [0, 0.1) is 27.7 Å². The Morgan fingerprint density at radius 1 is 0.793 bits per heavy atom. The van der Waals surface area contributed by atoms with Gasteiger partial charge in [-0.3, -0.25) is 0 Å². The van der Waals surface area contributed by atoms with E-state index in [0.717, 1.165) is 39.1 Å². The second kappa shape index (κ2) is 8.48. The molecule has 0 heterocycles. The van der Waals surface area contributed by atoms with Gasteiger partial charge in [0.25, 0.3) is 0 Å². The van der Waals surface area contributed by atoms with E-state index in [0.29, 0.717) is 10.8 Å². The van der Waals surface area contributed by atoms with E-state index in [1.807, 2.05) is 45.9 Å². The number of aryl methyl sites for hydroxylation is 2. The van der Waals surface area contributed by atoms with Crippen molar-refractivity contribution in [2.24, 2.45) is 0 Å². The molecule has 0 saturated heterocycles. The van der Waals surface area contributed by atoms with Crippen molar-refractivity contribution in [1.82, 2.24) is 0 Å². The highest BCUT2D eigenvalue weighted by Crippen LogP contribution is 2.43. The molecular formula is C24H22Cl2O3. The molecule has 0 aliphatic carbocycles. The van der Waals surface area contributed by atoms with Crippen LogP contribution >= 0.6 is 23.2 Å². The van der Waals surface area contributed by atoms with Gasteiger partial charge in [0.2, 0.25) is 0 Å². The number of ether oxygens (including phenoxy) is 2. The Labute approximate surface area is 181 Å². The van der Waals surface area contributed by atoms with Crippen LogP contribution in [0.25, 0.3) is 11.1 Å². The molecule has 0 radical (unpaired) electrons. The summed E-state index contributed by atoms with van der Waals surface area (Å²) in [7, 11) is 1.64. The van der Waals surface area contributed by atoms with Gasteiger partial charge in [-0.25, -0.2) is 4.79 Å². The minimum atomic E-state index is -0.564. The second-order valence-corrected chi connectivity index (χ2v) is 7.82. The molecule has 0 fully saturated rings. The quantitative estimate of drug-likeness (QED) is 0.327. The molecule has 0 spiro atoms. The van der Waals surface area contributed by atoms with Crippen molar-refractivity contribution in [1.29, 1.82) is 0 Å². The third kappa shape index (κ3) is 4.12. The Hall–Kier alpha value is -2.49. The van der Waals surface area contributed by atoms with Crippen molar-refractivity contribution < 1.29 is 14.3 Å². The van der Waals surface area contributed by atoms with Crippen molar-refractivity contribution in [2.75, 3.05) is 7.11 Å². The van der Waals surface area contributed by atoms with E-state index in [2.05, 4.69) is 0 Å². The van der Waals surface area contributed by atoms with Gasteiger partial charge in [-0.15, -0.1) is 0 Å². The van der Waals surface area contributed by atoms with Gasteiger partial charge in [0.05, 0.1) is 17.7 Å². The number of rotatable bonds is 4.